The zero-order valence-electron chi connectivity index (χ0n) is 10.7. The van der Waals surface area contributed by atoms with E-state index in [1.54, 1.807) is 0 Å². The van der Waals surface area contributed by atoms with Crippen LogP contribution in [-0.4, -0.2) is 25.5 Å². The van der Waals surface area contributed by atoms with E-state index in [0.29, 0.717) is 12.3 Å². The van der Waals surface area contributed by atoms with Crippen LogP contribution in [0, 0.1) is 11.8 Å². The number of rotatable bonds is 6. The highest BCUT2D eigenvalue weighted by atomic mass is 16.1. The van der Waals surface area contributed by atoms with E-state index in [9.17, 15) is 4.79 Å². The lowest BCUT2D eigenvalue weighted by molar-refractivity contribution is -0.122. The molecule has 0 aromatic rings. The van der Waals surface area contributed by atoms with Gasteiger partial charge in [0, 0.05) is 13.0 Å². The molecule has 1 aliphatic heterocycles. The maximum absolute atomic E-state index is 11.6. The SMILES string of the molecule is CC(C)CCCNC(=O)CC1CCCNC1. The molecular weight excluding hydrogens is 200 g/mol. The van der Waals surface area contributed by atoms with Gasteiger partial charge in [0.2, 0.25) is 5.91 Å². The van der Waals surface area contributed by atoms with E-state index in [4.69, 9.17) is 0 Å². The van der Waals surface area contributed by atoms with Gasteiger partial charge in [-0.05, 0) is 50.6 Å². The lowest BCUT2D eigenvalue weighted by Gasteiger charge is -2.22. The van der Waals surface area contributed by atoms with Gasteiger partial charge in [-0.3, -0.25) is 4.79 Å². The second-order valence-corrected chi connectivity index (χ2v) is 5.30. The maximum Gasteiger partial charge on any atom is 0.220 e. The maximum atomic E-state index is 11.6. The molecule has 0 aromatic heterocycles. The molecule has 3 nitrogen and oxygen atoms in total. The molecule has 1 fully saturated rings. The van der Waals surface area contributed by atoms with Crippen LogP contribution in [0.25, 0.3) is 0 Å². The summed E-state index contributed by atoms with van der Waals surface area (Å²) in [6, 6.07) is 0. The van der Waals surface area contributed by atoms with Crippen molar-refractivity contribution in [3.63, 3.8) is 0 Å². The van der Waals surface area contributed by atoms with Gasteiger partial charge < -0.3 is 10.6 Å². The summed E-state index contributed by atoms with van der Waals surface area (Å²) in [4.78, 5) is 11.6. The van der Waals surface area contributed by atoms with Crippen molar-refractivity contribution in [1.29, 1.82) is 0 Å². The van der Waals surface area contributed by atoms with Crippen molar-refractivity contribution >= 4 is 5.91 Å². The Morgan fingerprint density at radius 1 is 1.50 bits per heavy atom. The molecule has 2 N–H and O–H groups in total. The molecule has 1 aliphatic rings. The summed E-state index contributed by atoms with van der Waals surface area (Å²) < 4.78 is 0. The first-order valence-electron chi connectivity index (χ1n) is 6.66. The minimum Gasteiger partial charge on any atom is -0.356 e. The molecule has 0 aromatic carbocycles. The normalized spacial score (nSPS) is 21.1. The highest BCUT2D eigenvalue weighted by molar-refractivity contribution is 5.76. The van der Waals surface area contributed by atoms with Gasteiger partial charge in [0.15, 0.2) is 0 Å². The Morgan fingerprint density at radius 3 is 2.94 bits per heavy atom. The predicted molar refractivity (Wildman–Crippen MR) is 67.3 cm³/mol. The molecule has 0 radical (unpaired) electrons. The van der Waals surface area contributed by atoms with E-state index in [1.165, 1.54) is 19.3 Å². The molecule has 94 valence electrons. The van der Waals surface area contributed by atoms with Crippen LogP contribution < -0.4 is 10.6 Å². The molecule has 1 amide bonds. The number of carbonyl (C=O) groups excluding carboxylic acids is 1. The number of hydrogen-bond acceptors (Lipinski definition) is 2. The first kappa shape index (κ1) is 13.5. The van der Waals surface area contributed by atoms with Crippen LogP contribution in [0.3, 0.4) is 0 Å². The Kier molecular flexibility index (Phi) is 6.46. The number of hydrogen-bond donors (Lipinski definition) is 2. The van der Waals surface area contributed by atoms with Crippen molar-refractivity contribution in [3.8, 4) is 0 Å². The van der Waals surface area contributed by atoms with E-state index in [1.807, 2.05) is 0 Å². The third-order valence-corrected chi connectivity index (χ3v) is 3.15. The molecule has 1 unspecified atom stereocenters. The smallest absolute Gasteiger partial charge is 0.220 e. The second-order valence-electron chi connectivity index (χ2n) is 5.30. The summed E-state index contributed by atoms with van der Waals surface area (Å²) in [5.74, 6) is 1.52. The molecule has 1 rings (SSSR count). The molecule has 0 spiro atoms. The number of nitrogens with one attached hydrogen (secondary N) is 2. The van der Waals surface area contributed by atoms with Gasteiger partial charge in [0.1, 0.15) is 0 Å². The number of carbonyl (C=O) groups is 1. The molecule has 0 bridgehead atoms. The van der Waals surface area contributed by atoms with Crippen molar-refractivity contribution in [1.82, 2.24) is 10.6 Å². The van der Waals surface area contributed by atoms with E-state index < -0.39 is 0 Å². The second kappa shape index (κ2) is 7.66. The van der Waals surface area contributed by atoms with Crippen LogP contribution in [0.4, 0.5) is 0 Å². The lowest BCUT2D eigenvalue weighted by atomic mass is 9.96. The van der Waals surface area contributed by atoms with Crippen molar-refractivity contribution in [3.05, 3.63) is 0 Å². The molecule has 1 saturated heterocycles. The Bertz CT molecular complexity index is 198. The summed E-state index contributed by atoms with van der Waals surface area (Å²) >= 11 is 0. The fourth-order valence-corrected chi connectivity index (χ4v) is 2.17. The quantitative estimate of drug-likeness (QED) is 0.679. The topological polar surface area (TPSA) is 41.1 Å². The lowest BCUT2D eigenvalue weighted by Crippen LogP contribution is -2.34. The molecule has 0 aliphatic carbocycles. The molecule has 1 heterocycles. The van der Waals surface area contributed by atoms with Crippen molar-refractivity contribution < 1.29 is 4.79 Å². The highest BCUT2D eigenvalue weighted by Crippen LogP contribution is 2.13. The molecular formula is C13H26N2O. The summed E-state index contributed by atoms with van der Waals surface area (Å²) in [6.45, 7) is 7.41. The molecule has 3 heteroatoms. The van der Waals surface area contributed by atoms with Gasteiger partial charge >= 0.3 is 0 Å². The monoisotopic (exact) mass is 226 g/mol. The summed E-state index contributed by atoms with van der Waals surface area (Å²) in [5, 5.41) is 6.36. The van der Waals surface area contributed by atoms with Gasteiger partial charge in [-0.15, -0.1) is 0 Å². The molecule has 0 saturated carbocycles. The minimum atomic E-state index is 0.234. The standard InChI is InChI=1S/C13H26N2O/c1-11(2)5-3-8-15-13(16)9-12-6-4-7-14-10-12/h11-12,14H,3-10H2,1-2H3,(H,15,16). The molecule has 16 heavy (non-hydrogen) atoms. The number of piperidine rings is 1. The van der Waals surface area contributed by atoms with Gasteiger partial charge in [-0.2, -0.15) is 0 Å². The van der Waals surface area contributed by atoms with E-state index in [2.05, 4.69) is 24.5 Å². The summed E-state index contributed by atoms with van der Waals surface area (Å²) in [7, 11) is 0. The van der Waals surface area contributed by atoms with E-state index in [-0.39, 0.29) is 5.91 Å². The average Bonchev–Trinajstić information content (AvgIpc) is 2.25. The summed E-state index contributed by atoms with van der Waals surface area (Å²) in [6.07, 6.45) is 5.42. The van der Waals surface area contributed by atoms with E-state index in [0.717, 1.165) is 32.0 Å². The summed E-state index contributed by atoms with van der Waals surface area (Å²) in [5.41, 5.74) is 0. The first-order valence-corrected chi connectivity index (χ1v) is 6.66. The van der Waals surface area contributed by atoms with Gasteiger partial charge in [-0.25, -0.2) is 0 Å². The third kappa shape index (κ3) is 6.11. The van der Waals surface area contributed by atoms with Crippen LogP contribution in [0.2, 0.25) is 0 Å². The Morgan fingerprint density at radius 2 is 2.31 bits per heavy atom. The Hall–Kier alpha value is -0.570. The Labute approximate surface area is 99.4 Å². The average molecular weight is 226 g/mol. The van der Waals surface area contributed by atoms with E-state index >= 15 is 0 Å². The first-order chi connectivity index (χ1) is 7.68. The van der Waals surface area contributed by atoms with Crippen molar-refractivity contribution in [2.45, 2.75) is 46.0 Å². The predicted octanol–water partition coefficient (Wildman–Crippen LogP) is 1.93. The third-order valence-electron chi connectivity index (χ3n) is 3.15. The largest absolute Gasteiger partial charge is 0.356 e. The Balaban J connectivity index is 2.01. The van der Waals surface area contributed by atoms with Gasteiger partial charge in [0.05, 0.1) is 0 Å². The van der Waals surface area contributed by atoms with Gasteiger partial charge in [0.25, 0.3) is 0 Å². The van der Waals surface area contributed by atoms with Crippen molar-refractivity contribution in [2.24, 2.45) is 11.8 Å². The fraction of sp³-hybridized carbons (Fsp3) is 0.923. The minimum absolute atomic E-state index is 0.234. The van der Waals surface area contributed by atoms with Gasteiger partial charge in [-0.1, -0.05) is 13.8 Å². The van der Waals surface area contributed by atoms with Crippen LogP contribution in [0.5, 0.6) is 0 Å². The van der Waals surface area contributed by atoms with Crippen LogP contribution in [0.15, 0.2) is 0 Å². The zero-order chi connectivity index (χ0) is 11.8. The zero-order valence-corrected chi connectivity index (χ0v) is 10.7. The van der Waals surface area contributed by atoms with Crippen LogP contribution in [-0.2, 0) is 4.79 Å². The van der Waals surface area contributed by atoms with Crippen molar-refractivity contribution in [2.75, 3.05) is 19.6 Å². The molecule has 1 atom stereocenters. The van der Waals surface area contributed by atoms with Crippen LogP contribution >= 0.6 is 0 Å². The fourth-order valence-electron chi connectivity index (χ4n) is 2.17. The van der Waals surface area contributed by atoms with Crippen LogP contribution in [0.1, 0.15) is 46.0 Å². The number of amides is 1. The highest BCUT2D eigenvalue weighted by Gasteiger charge is 2.16.